The third-order valence-electron chi connectivity index (χ3n) is 2.67. The van der Waals surface area contributed by atoms with Gasteiger partial charge < -0.3 is 0 Å². The second kappa shape index (κ2) is 2.44. The number of allylic oxidation sites excluding steroid dienone is 2. The highest BCUT2D eigenvalue weighted by Crippen LogP contribution is 2.33. The third kappa shape index (κ3) is 0.967. The number of fused-ring (bicyclic) bond motifs is 1. The zero-order valence-electron chi connectivity index (χ0n) is 6.96. The van der Waals surface area contributed by atoms with E-state index in [0.29, 0.717) is 0 Å². The molecule has 2 amide bonds. The topological polar surface area (TPSA) is 46.2 Å². The standard InChI is InChI=1S/C9H11NO2/c1-5-2-3-6-7(4-5)9(12)10-8(6)11/h2,6-7H,3-4H2,1H3,(H,10,11,12)/t6-,7+/m0/s1. The Bertz CT molecular complexity index is 280. The van der Waals surface area contributed by atoms with Gasteiger partial charge in [0, 0.05) is 0 Å². The van der Waals surface area contributed by atoms with Crippen LogP contribution in [0.5, 0.6) is 0 Å². The maximum Gasteiger partial charge on any atom is 0.230 e. The Balaban J connectivity index is 2.27. The first-order valence-electron chi connectivity index (χ1n) is 4.19. The minimum atomic E-state index is -0.0891. The van der Waals surface area contributed by atoms with Crippen LogP contribution in [0.15, 0.2) is 11.6 Å². The van der Waals surface area contributed by atoms with Crippen LogP contribution < -0.4 is 5.32 Å². The van der Waals surface area contributed by atoms with Gasteiger partial charge in [-0.1, -0.05) is 11.6 Å². The van der Waals surface area contributed by atoms with E-state index in [1.54, 1.807) is 0 Å². The van der Waals surface area contributed by atoms with E-state index < -0.39 is 0 Å². The van der Waals surface area contributed by atoms with Gasteiger partial charge in [-0.05, 0) is 19.8 Å². The van der Waals surface area contributed by atoms with Crippen molar-refractivity contribution in [1.29, 1.82) is 0 Å². The molecule has 0 spiro atoms. The number of carbonyl (C=O) groups excluding carboxylic acids is 2. The van der Waals surface area contributed by atoms with Crippen molar-refractivity contribution in [2.24, 2.45) is 11.8 Å². The molecule has 1 N–H and O–H groups in total. The van der Waals surface area contributed by atoms with Crippen LogP contribution in [0.3, 0.4) is 0 Å². The Kier molecular flexibility index (Phi) is 1.53. The summed E-state index contributed by atoms with van der Waals surface area (Å²) in [5.74, 6) is -0.338. The van der Waals surface area contributed by atoms with E-state index in [4.69, 9.17) is 0 Å². The molecule has 1 fully saturated rings. The number of amides is 2. The monoisotopic (exact) mass is 165 g/mol. The van der Waals surface area contributed by atoms with E-state index in [2.05, 4.69) is 11.4 Å². The van der Waals surface area contributed by atoms with E-state index in [1.165, 1.54) is 5.57 Å². The van der Waals surface area contributed by atoms with Gasteiger partial charge >= 0.3 is 0 Å². The molecule has 3 heteroatoms. The van der Waals surface area contributed by atoms with Crippen molar-refractivity contribution in [2.75, 3.05) is 0 Å². The van der Waals surface area contributed by atoms with Gasteiger partial charge in [0.05, 0.1) is 11.8 Å². The summed E-state index contributed by atoms with van der Waals surface area (Å²) in [5, 5.41) is 2.37. The van der Waals surface area contributed by atoms with E-state index in [0.717, 1.165) is 12.8 Å². The molecule has 1 aliphatic heterocycles. The van der Waals surface area contributed by atoms with Gasteiger partial charge in [0.1, 0.15) is 0 Å². The maximum absolute atomic E-state index is 11.2. The SMILES string of the molecule is CC1=CC[C@@H]2C(=O)NC(=O)[C@@H]2C1. The molecular formula is C9H11NO2. The summed E-state index contributed by atoms with van der Waals surface area (Å²) in [7, 11) is 0. The Morgan fingerprint density at radius 1 is 1.33 bits per heavy atom. The highest BCUT2D eigenvalue weighted by Gasteiger charge is 2.42. The van der Waals surface area contributed by atoms with Crippen molar-refractivity contribution in [3.05, 3.63) is 11.6 Å². The summed E-state index contributed by atoms with van der Waals surface area (Å²) in [6, 6.07) is 0. The minimum Gasteiger partial charge on any atom is -0.296 e. The van der Waals surface area contributed by atoms with Gasteiger partial charge in [0.15, 0.2) is 0 Å². The quantitative estimate of drug-likeness (QED) is 0.422. The fourth-order valence-corrected chi connectivity index (χ4v) is 1.94. The lowest BCUT2D eigenvalue weighted by Crippen LogP contribution is -2.22. The van der Waals surface area contributed by atoms with Crippen LogP contribution in [-0.2, 0) is 9.59 Å². The molecule has 0 saturated carbocycles. The zero-order chi connectivity index (χ0) is 8.72. The molecule has 1 heterocycles. The third-order valence-corrected chi connectivity index (χ3v) is 2.67. The van der Waals surface area contributed by atoms with Gasteiger partial charge in [-0.3, -0.25) is 14.9 Å². The van der Waals surface area contributed by atoms with Crippen LogP contribution in [0, 0.1) is 11.8 Å². The number of hydrogen-bond donors (Lipinski definition) is 1. The van der Waals surface area contributed by atoms with Crippen molar-refractivity contribution >= 4 is 11.8 Å². The van der Waals surface area contributed by atoms with Crippen molar-refractivity contribution < 1.29 is 9.59 Å². The molecule has 0 radical (unpaired) electrons. The van der Waals surface area contributed by atoms with Crippen LogP contribution in [0.4, 0.5) is 0 Å². The van der Waals surface area contributed by atoms with Gasteiger partial charge in [0.2, 0.25) is 11.8 Å². The first-order valence-corrected chi connectivity index (χ1v) is 4.19. The van der Waals surface area contributed by atoms with Crippen molar-refractivity contribution in [2.45, 2.75) is 19.8 Å². The Morgan fingerprint density at radius 2 is 2.00 bits per heavy atom. The fourth-order valence-electron chi connectivity index (χ4n) is 1.94. The number of carbonyl (C=O) groups is 2. The largest absolute Gasteiger partial charge is 0.296 e. The molecule has 0 aromatic heterocycles. The normalized spacial score (nSPS) is 34.2. The van der Waals surface area contributed by atoms with Crippen LogP contribution in [0.25, 0.3) is 0 Å². The Labute approximate surface area is 70.8 Å². The molecule has 0 aromatic carbocycles. The van der Waals surface area contributed by atoms with Crippen LogP contribution in [-0.4, -0.2) is 11.8 Å². The highest BCUT2D eigenvalue weighted by molar-refractivity contribution is 6.05. The average molecular weight is 165 g/mol. The Morgan fingerprint density at radius 3 is 2.75 bits per heavy atom. The van der Waals surface area contributed by atoms with Gasteiger partial charge in [-0.25, -0.2) is 0 Å². The molecule has 1 saturated heterocycles. The van der Waals surface area contributed by atoms with E-state index in [-0.39, 0.29) is 23.7 Å². The average Bonchev–Trinajstić information content (AvgIpc) is 2.28. The first-order chi connectivity index (χ1) is 5.68. The van der Waals surface area contributed by atoms with Crippen molar-refractivity contribution in [3.8, 4) is 0 Å². The number of hydrogen-bond acceptors (Lipinski definition) is 2. The number of imide groups is 1. The second-order valence-electron chi connectivity index (χ2n) is 3.56. The second-order valence-corrected chi connectivity index (χ2v) is 3.56. The summed E-state index contributed by atoms with van der Waals surface area (Å²) in [6.45, 7) is 2.01. The van der Waals surface area contributed by atoms with Crippen LogP contribution in [0.1, 0.15) is 19.8 Å². The minimum absolute atomic E-state index is 0.0810. The predicted molar refractivity (Wildman–Crippen MR) is 43.1 cm³/mol. The van der Waals surface area contributed by atoms with Crippen molar-refractivity contribution in [3.63, 3.8) is 0 Å². The summed E-state index contributed by atoms with van der Waals surface area (Å²) in [4.78, 5) is 22.4. The maximum atomic E-state index is 11.2. The lowest BCUT2D eigenvalue weighted by molar-refractivity contribution is -0.126. The predicted octanol–water partition coefficient (Wildman–Crippen LogP) is 0.615. The molecule has 2 atom stereocenters. The Hall–Kier alpha value is -1.12. The number of rotatable bonds is 0. The molecule has 0 bridgehead atoms. The highest BCUT2D eigenvalue weighted by atomic mass is 16.2. The van der Waals surface area contributed by atoms with E-state index >= 15 is 0 Å². The van der Waals surface area contributed by atoms with Crippen LogP contribution in [0.2, 0.25) is 0 Å². The molecule has 0 aromatic rings. The lowest BCUT2D eigenvalue weighted by atomic mass is 9.82. The van der Waals surface area contributed by atoms with Crippen LogP contribution >= 0.6 is 0 Å². The smallest absolute Gasteiger partial charge is 0.230 e. The summed E-state index contributed by atoms with van der Waals surface area (Å²) < 4.78 is 0. The number of nitrogens with one attached hydrogen (secondary N) is 1. The summed E-state index contributed by atoms with van der Waals surface area (Å²) in [5.41, 5.74) is 1.22. The molecule has 2 aliphatic rings. The first kappa shape index (κ1) is 7.53. The molecule has 2 rings (SSSR count). The molecule has 1 aliphatic carbocycles. The zero-order valence-corrected chi connectivity index (χ0v) is 6.96. The molecule has 64 valence electrons. The summed E-state index contributed by atoms with van der Waals surface area (Å²) in [6.07, 6.45) is 3.54. The fraction of sp³-hybridized carbons (Fsp3) is 0.556. The van der Waals surface area contributed by atoms with E-state index in [1.807, 2.05) is 6.92 Å². The van der Waals surface area contributed by atoms with Gasteiger partial charge in [-0.15, -0.1) is 0 Å². The summed E-state index contributed by atoms with van der Waals surface area (Å²) >= 11 is 0. The molecule has 0 unspecified atom stereocenters. The molecule has 12 heavy (non-hydrogen) atoms. The molecular weight excluding hydrogens is 154 g/mol. The lowest BCUT2D eigenvalue weighted by Gasteiger charge is -2.19. The molecule has 3 nitrogen and oxygen atoms in total. The van der Waals surface area contributed by atoms with E-state index in [9.17, 15) is 9.59 Å². The van der Waals surface area contributed by atoms with Crippen molar-refractivity contribution in [1.82, 2.24) is 5.32 Å². The van der Waals surface area contributed by atoms with Gasteiger partial charge in [0.25, 0.3) is 0 Å². The van der Waals surface area contributed by atoms with Gasteiger partial charge in [-0.2, -0.15) is 0 Å².